The number of rotatable bonds is 15. The number of amides is 1. The van der Waals surface area contributed by atoms with Crippen LogP contribution in [0.5, 0.6) is 0 Å². The lowest BCUT2D eigenvalue weighted by Crippen LogP contribution is -2.40. The summed E-state index contributed by atoms with van der Waals surface area (Å²) in [5.41, 5.74) is 9.49. The van der Waals surface area contributed by atoms with Crippen LogP contribution in [0, 0.1) is 0 Å². The molecule has 4 heterocycles. The maximum atomic E-state index is 12.2. The molecule has 0 spiro atoms. The van der Waals surface area contributed by atoms with Crippen molar-refractivity contribution in [3.05, 3.63) is 120 Å². The Labute approximate surface area is 234 Å². The normalized spacial score (nSPS) is 12.0. The molecule has 10 nitrogen and oxygen atoms in total. The van der Waals surface area contributed by atoms with Gasteiger partial charge in [-0.3, -0.25) is 34.5 Å². The highest BCUT2D eigenvalue weighted by atomic mass is 16.3. The van der Waals surface area contributed by atoms with Crippen LogP contribution in [0.2, 0.25) is 0 Å². The van der Waals surface area contributed by atoms with Gasteiger partial charge in [0.2, 0.25) is 0 Å². The average Bonchev–Trinajstić information content (AvgIpc) is 2.98. The fourth-order valence-corrected chi connectivity index (χ4v) is 4.36. The van der Waals surface area contributed by atoms with Gasteiger partial charge in [0, 0.05) is 77.1 Å². The Hall–Kier alpha value is -4.09. The van der Waals surface area contributed by atoms with Crippen molar-refractivity contribution < 1.29 is 9.90 Å². The van der Waals surface area contributed by atoms with E-state index in [9.17, 15) is 9.90 Å². The lowest BCUT2D eigenvalue weighted by Gasteiger charge is -2.29. The summed E-state index contributed by atoms with van der Waals surface area (Å²) in [6.45, 7) is 3.82. The molecular weight excluding hydrogens is 504 g/mol. The number of hydrogen-bond donors (Lipinski definition) is 3. The van der Waals surface area contributed by atoms with E-state index in [2.05, 4.69) is 35.1 Å². The maximum absolute atomic E-state index is 12.2. The van der Waals surface area contributed by atoms with E-state index >= 15 is 0 Å². The van der Waals surface area contributed by atoms with Gasteiger partial charge < -0.3 is 16.2 Å². The van der Waals surface area contributed by atoms with Crippen LogP contribution >= 0.6 is 0 Å². The molecule has 1 amide bonds. The van der Waals surface area contributed by atoms with E-state index in [1.165, 1.54) is 0 Å². The molecule has 1 unspecified atom stereocenters. The molecule has 208 valence electrons. The molecule has 0 fully saturated rings. The van der Waals surface area contributed by atoms with E-state index < -0.39 is 6.10 Å². The van der Waals surface area contributed by atoms with Gasteiger partial charge in [0.15, 0.2) is 0 Å². The number of aliphatic hydroxyl groups excluding tert-OH is 1. The van der Waals surface area contributed by atoms with Crippen molar-refractivity contribution in [2.45, 2.75) is 32.3 Å². The molecule has 0 aliphatic carbocycles. The molecule has 0 aromatic carbocycles. The van der Waals surface area contributed by atoms with Crippen molar-refractivity contribution in [2.75, 3.05) is 26.2 Å². The molecule has 0 radical (unpaired) electrons. The van der Waals surface area contributed by atoms with Gasteiger partial charge in [0.05, 0.1) is 34.4 Å². The van der Waals surface area contributed by atoms with Gasteiger partial charge in [-0.15, -0.1) is 0 Å². The standard InChI is InChI=1S/C30H36N8O2/c31-12-16-35-30(40)24-10-11-28(36-17-24)21-38(20-27-9-3-6-15-34-27)23-29(39)22-37(18-25-7-1-4-13-32-25)19-26-8-2-5-14-33-26/h1-11,13-15,17,29,39H,12,16,18-23,31H2,(H,35,40). The summed E-state index contributed by atoms with van der Waals surface area (Å²) in [7, 11) is 0. The third kappa shape index (κ3) is 9.58. The average molecular weight is 541 g/mol. The van der Waals surface area contributed by atoms with Crippen molar-refractivity contribution in [1.82, 2.24) is 35.1 Å². The monoisotopic (exact) mass is 540 g/mol. The molecule has 40 heavy (non-hydrogen) atoms. The molecule has 0 aliphatic heterocycles. The van der Waals surface area contributed by atoms with Crippen molar-refractivity contribution >= 4 is 5.91 Å². The van der Waals surface area contributed by atoms with Gasteiger partial charge in [-0.1, -0.05) is 18.2 Å². The van der Waals surface area contributed by atoms with Crippen molar-refractivity contribution in [2.24, 2.45) is 5.73 Å². The number of carbonyl (C=O) groups excluding carboxylic acids is 1. The molecule has 4 aromatic rings. The number of nitrogens with one attached hydrogen (secondary N) is 1. The largest absolute Gasteiger partial charge is 0.390 e. The summed E-state index contributed by atoms with van der Waals surface area (Å²) in [4.78, 5) is 34.4. The van der Waals surface area contributed by atoms with Crippen LogP contribution in [0.4, 0.5) is 0 Å². The lowest BCUT2D eigenvalue weighted by atomic mass is 10.2. The van der Waals surface area contributed by atoms with Gasteiger partial charge in [-0.25, -0.2) is 0 Å². The molecule has 10 heteroatoms. The summed E-state index contributed by atoms with van der Waals surface area (Å²) >= 11 is 0. The van der Waals surface area contributed by atoms with Gasteiger partial charge in [0.25, 0.3) is 5.91 Å². The topological polar surface area (TPSA) is 133 Å². The number of hydrogen-bond acceptors (Lipinski definition) is 9. The Bertz CT molecular complexity index is 1240. The first-order valence-electron chi connectivity index (χ1n) is 13.3. The lowest BCUT2D eigenvalue weighted by molar-refractivity contribution is 0.0615. The number of nitrogens with zero attached hydrogens (tertiary/aromatic N) is 6. The van der Waals surface area contributed by atoms with Gasteiger partial charge in [-0.2, -0.15) is 0 Å². The molecular formula is C30H36N8O2. The number of carbonyl (C=O) groups is 1. The minimum atomic E-state index is -0.655. The van der Waals surface area contributed by atoms with E-state index in [0.717, 1.165) is 22.8 Å². The second-order valence-corrected chi connectivity index (χ2v) is 9.54. The van der Waals surface area contributed by atoms with E-state index in [-0.39, 0.29) is 5.91 Å². The summed E-state index contributed by atoms with van der Waals surface area (Å²) < 4.78 is 0. The van der Waals surface area contributed by atoms with Crippen LogP contribution in [0.25, 0.3) is 0 Å². The first-order chi connectivity index (χ1) is 19.6. The smallest absolute Gasteiger partial charge is 0.252 e. The van der Waals surface area contributed by atoms with E-state index in [4.69, 9.17) is 5.73 Å². The molecule has 4 rings (SSSR count). The molecule has 4 aromatic heterocycles. The Balaban J connectivity index is 1.45. The van der Waals surface area contributed by atoms with Crippen LogP contribution in [0.15, 0.2) is 91.5 Å². The van der Waals surface area contributed by atoms with Crippen LogP contribution in [0.1, 0.15) is 33.1 Å². The highest BCUT2D eigenvalue weighted by Gasteiger charge is 2.19. The summed E-state index contributed by atoms with van der Waals surface area (Å²) in [5.74, 6) is -0.203. The zero-order valence-electron chi connectivity index (χ0n) is 22.5. The molecule has 1 atom stereocenters. The highest BCUT2D eigenvalue weighted by Crippen LogP contribution is 2.12. The first-order valence-corrected chi connectivity index (χ1v) is 13.3. The fraction of sp³-hybridized carbons (Fsp3) is 0.300. The third-order valence-electron chi connectivity index (χ3n) is 6.18. The highest BCUT2D eigenvalue weighted by molar-refractivity contribution is 5.93. The Morgan fingerprint density at radius 2 is 1.20 bits per heavy atom. The summed E-state index contributed by atoms with van der Waals surface area (Å²) in [5, 5.41) is 14.0. The van der Waals surface area contributed by atoms with E-state index in [0.29, 0.717) is 57.9 Å². The van der Waals surface area contributed by atoms with Crippen molar-refractivity contribution in [1.29, 1.82) is 0 Å². The second-order valence-electron chi connectivity index (χ2n) is 9.54. The van der Waals surface area contributed by atoms with Crippen LogP contribution in [0.3, 0.4) is 0 Å². The first kappa shape index (κ1) is 28.9. The summed E-state index contributed by atoms with van der Waals surface area (Å²) in [6, 6.07) is 21.1. The van der Waals surface area contributed by atoms with Gasteiger partial charge >= 0.3 is 0 Å². The van der Waals surface area contributed by atoms with Gasteiger partial charge in [-0.05, 0) is 48.5 Å². The molecule has 0 saturated carbocycles. The Kier molecular flexibility index (Phi) is 11.2. The van der Waals surface area contributed by atoms with E-state index in [1.807, 2.05) is 60.7 Å². The van der Waals surface area contributed by atoms with Crippen LogP contribution in [-0.4, -0.2) is 73.0 Å². The minimum Gasteiger partial charge on any atom is -0.390 e. The zero-order valence-corrected chi connectivity index (χ0v) is 22.5. The number of pyridine rings is 4. The van der Waals surface area contributed by atoms with Gasteiger partial charge in [0.1, 0.15) is 0 Å². The molecule has 0 aliphatic rings. The maximum Gasteiger partial charge on any atom is 0.252 e. The Morgan fingerprint density at radius 1 is 0.725 bits per heavy atom. The predicted octanol–water partition coefficient (Wildman–Crippen LogP) is 2.02. The number of aromatic nitrogens is 4. The van der Waals surface area contributed by atoms with E-state index in [1.54, 1.807) is 30.9 Å². The molecule has 0 saturated heterocycles. The minimum absolute atomic E-state index is 0.203. The fourth-order valence-electron chi connectivity index (χ4n) is 4.36. The molecule has 0 bridgehead atoms. The van der Waals surface area contributed by atoms with Crippen LogP contribution < -0.4 is 11.1 Å². The third-order valence-corrected chi connectivity index (χ3v) is 6.18. The number of nitrogens with two attached hydrogens (primary N) is 1. The van der Waals surface area contributed by atoms with Crippen molar-refractivity contribution in [3.63, 3.8) is 0 Å². The predicted molar refractivity (Wildman–Crippen MR) is 153 cm³/mol. The zero-order chi connectivity index (χ0) is 28.0. The quantitative estimate of drug-likeness (QED) is 0.207. The SMILES string of the molecule is NCCNC(=O)c1ccc(CN(Cc2ccccn2)CC(O)CN(Cc2ccccn2)Cc2ccccn2)nc1. The van der Waals surface area contributed by atoms with Crippen molar-refractivity contribution in [3.8, 4) is 0 Å². The second kappa shape index (κ2) is 15.5. The summed E-state index contributed by atoms with van der Waals surface area (Å²) in [6.07, 6.45) is 6.23. The number of aliphatic hydroxyl groups is 1. The Morgan fingerprint density at radius 3 is 1.57 bits per heavy atom. The molecule has 4 N–H and O–H groups in total. The van der Waals surface area contributed by atoms with Crippen LogP contribution in [-0.2, 0) is 26.2 Å².